The van der Waals surface area contributed by atoms with Crippen LogP contribution < -0.4 is 21.1 Å². The van der Waals surface area contributed by atoms with Crippen molar-refractivity contribution in [3.8, 4) is 5.75 Å². The molecule has 0 bridgehead atoms. The molecule has 3 heterocycles. The molecule has 3 aromatic rings. The third kappa shape index (κ3) is 5.59. The molecule has 1 aliphatic rings. The summed E-state index contributed by atoms with van der Waals surface area (Å²) in [5.41, 5.74) is 9.88. The minimum atomic E-state index is -0.343. The van der Waals surface area contributed by atoms with Crippen molar-refractivity contribution in [1.29, 1.82) is 0 Å². The molecule has 0 amide bonds. The van der Waals surface area contributed by atoms with Crippen LogP contribution in [0.1, 0.15) is 37.3 Å². The number of nitrogens with zero attached hydrogens (tertiary/aromatic N) is 4. The summed E-state index contributed by atoms with van der Waals surface area (Å²) in [7, 11) is 1.69. The van der Waals surface area contributed by atoms with E-state index in [1.807, 2.05) is 12.3 Å². The Kier molecular flexibility index (Phi) is 8.18. The second kappa shape index (κ2) is 11.5. The first-order valence-electron chi connectivity index (χ1n) is 12.2. The molecule has 8 nitrogen and oxygen atoms in total. The van der Waals surface area contributed by atoms with E-state index in [0.29, 0.717) is 19.6 Å². The maximum atomic E-state index is 13.4. The highest BCUT2D eigenvalue weighted by molar-refractivity contribution is 5.87. The molecule has 2 aromatic heterocycles. The summed E-state index contributed by atoms with van der Waals surface area (Å²) < 4.78 is 21.3. The third-order valence-electron chi connectivity index (χ3n) is 6.43. The summed E-state index contributed by atoms with van der Waals surface area (Å²) in [6.45, 7) is 6.42. The Morgan fingerprint density at radius 1 is 1.24 bits per heavy atom. The van der Waals surface area contributed by atoms with Crippen molar-refractivity contribution in [2.45, 2.75) is 45.3 Å². The number of ether oxygens (including phenoxy) is 1. The Balaban J connectivity index is 1.55. The highest BCUT2D eigenvalue weighted by Gasteiger charge is 2.22. The molecular weight excluding hydrogens is 433 g/mol. The Morgan fingerprint density at radius 3 is 2.91 bits per heavy atom. The quantitative estimate of drug-likeness (QED) is 0.371. The molecule has 1 fully saturated rings. The van der Waals surface area contributed by atoms with Crippen molar-refractivity contribution in [1.82, 2.24) is 24.8 Å². The number of unbranched alkanes of at least 4 members (excludes halogenated alkanes) is 2. The number of methoxy groups -OCH3 is 1. The Hall–Kier alpha value is -2.91. The molecule has 4 rings (SSSR count). The van der Waals surface area contributed by atoms with E-state index < -0.39 is 0 Å². The Labute approximate surface area is 200 Å². The number of hydrogen-bond donors (Lipinski definition) is 3. The molecule has 1 aromatic carbocycles. The number of piperazine rings is 1. The lowest BCUT2D eigenvalue weighted by atomic mass is 10.1. The number of aromatic nitrogens is 3. The summed E-state index contributed by atoms with van der Waals surface area (Å²) in [6.07, 6.45) is 5.42. The van der Waals surface area contributed by atoms with Crippen LogP contribution in [0.5, 0.6) is 5.75 Å². The van der Waals surface area contributed by atoms with Crippen LogP contribution in [0.2, 0.25) is 0 Å². The van der Waals surface area contributed by atoms with E-state index in [1.165, 1.54) is 6.42 Å². The molecule has 1 atom stereocenters. The van der Waals surface area contributed by atoms with Crippen LogP contribution in [0, 0.1) is 0 Å². The van der Waals surface area contributed by atoms with E-state index in [9.17, 15) is 4.39 Å². The summed E-state index contributed by atoms with van der Waals surface area (Å²) in [5.74, 6) is 1.85. The van der Waals surface area contributed by atoms with Gasteiger partial charge in [-0.05, 0) is 24.1 Å². The minimum absolute atomic E-state index is 0.0821. The molecule has 9 heteroatoms. The average Bonchev–Trinajstić information content (AvgIpc) is 3.25. The van der Waals surface area contributed by atoms with Gasteiger partial charge in [-0.1, -0.05) is 31.9 Å². The molecule has 34 heavy (non-hydrogen) atoms. The van der Waals surface area contributed by atoms with Gasteiger partial charge in [-0.2, -0.15) is 4.98 Å². The van der Waals surface area contributed by atoms with Gasteiger partial charge < -0.3 is 25.7 Å². The fourth-order valence-corrected chi connectivity index (χ4v) is 4.56. The van der Waals surface area contributed by atoms with Gasteiger partial charge in [0, 0.05) is 44.5 Å². The number of nitrogens with two attached hydrogens (primary N) is 1. The zero-order valence-electron chi connectivity index (χ0n) is 20.2. The topological polar surface area (TPSA) is 93.3 Å². The normalized spacial score (nSPS) is 16.7. The standard InChI is InChI=1S/C25H36FN7O/c1-3-4-5-9-29-24-23-21(30-25(27)31-24)8-11-33(23)17-19-7-6-18(13-22(19)34-2)16-32-12-10-28-15-20(32)14-26/h6-8,11,13,20,28H,3-5,9-10,12,14-17H2,1-2H3,(H3,27,29,30,31)/t20-/m1/s1. The lowest BCUT2D eigenvalue weighted by molar-refractivity contribution is 0.128. The van der Waals surface area contributed by atoms with Gasteiger partial charge in [-0.25, -0.2) is 9.37 Å². The SMILES string of the molecule is CCCCCNc1nc(N)nc2ccn(Cc3ccc(CN4CCNC[C@H]4CF)cc3OC)c12. The van der Waals surface area contributed by atoms with E-state index in [-0.39, 0.29) is 18.7 Å². The van der Waals surface area contributed by atoms with Crippen LogP contribution in [-0.2, 0) is 13.1 Å². The molecule has 0 unspecified atom stereocenters. The van der Waals surface area contributed by atoms with Gasteiger partial charge in [0.1, 0.15) is 17.9 Å². The Morgan fingerprint density at radius 2 is 2.12 bits per heavy atom. The van der Waals surface area contributed by atoms with Crippen molar-refractivity contribution < 1.29 is 9.13 Å². The molecule has 1 saturated heterocycles. The van der Waals surface area contributed by atoms with Gasteiger partial charge in [-0.3, -0.25) is 4.90 Å². The minimum Gasteiger partial charge on any atom is -0.496 e. The van der Waals surface area contributed by atoms with Gasteiger partial charge in [-0.15, -0.1) is 0 Å². The van der Waals surface area contributed by atoms with Crippen LogP contribution in [0.25, 0.3) is 11.0 Å². The molecule has 184 valence electrons. The van der Waals surface area contributed by atoms with E-state index in [1.54, 1.807) is 7.11 Å². The number of hydrogen-bond acceptors (Lipinski definition) is 7. The first-order valence-corrected chi connectivity index (χ1v) is 12.2. The molecular formula is C25H36FN7O. The van der Waals surface area contributed by atoms with Crippen molar-refractivity contribution in [3.05, 3.63) is 41.6 Å². The van der Waals surface area contributed by atoms with Crippen molar-refractivity contribution in [2.24, 2.45) is 0 Å². The average molecular weight is 470 g/mol. The third-order valence-corrected chi connectivity index (χ3v) is 6.43. The van der Waals surface area contributed by atoms with Gasteiger partial charge in [0.2, 0.25) is 5.95 Å². The van der Waals surface area contributed by atoms with Crippen LogP contribution in [-0.4, -0.2) is 65.4 Å². The van der Waals surface area contributed by atoms with E-state index in [0.717, 1.165) is 66.2 Å². The Bertz CT molecular complexity index is 1090. The second-order valence-corrected chi connectivity index (χ2v) is 8.87. The number of rotatable bonds is 11. The van der Waals surface area contributed by atoms with Crippen molar-refractivity contribution in [2.75, 3.05) is 51.0 Å². The smallest absolute Gasteiger partial charge is 0.222 e. The summed E-state index contributed by atoms with van der Waals surface area (Å²) >= 11 is 0. The van der Waals surface area contributed by atoms with E-state index >= 15 is 0 Å². The number of nitrogens with one attached hydrogen (secondary N) is 2. The lowest BCUT2D eigenvalue weighted by Gasteiger charge is -2.34. The van der Waals surface area contributed by atoms with Crippen LogP contribution in [0.3, 0.4) is 0 Å². The summed E-state index contributed by atoms with van der Waals surface area (Å²) in [6, 6.07) is 8.16. The van der Waals surface area contributed by atoms with Crippen LogP contribution >= 0.6 is 0 Å². The monoisotopic (exact) mass is 469 g/mol. The second-order valence-electron chi connectivity index (χ2n) is 8.87. The fourth-order valence-electron chi connectivity index (χ4n) is 4.56. The molecule has 1 aliphatic heterocycles. The molecule has 0 saturated carbocycles. The zero-order valence-corrected chi connectivity index (χ0v) is 20.2. The number of fused-ring (bicyclic) bond motifs is 1. The number of alkyl halides is 1. The predicted octanol–water partition coefficient (Wildman–Crippen LogP) is 3.42. The van der Waals surface area contributed by atoms with Gasteiger partial charge in [0.25, 0.3) is 0 Å². The van der Waals surface area contributed by atoms with E-state index in [4.69, 9.17) is 10.5 Å². The number of halogens is 1. The van der Waals surface area contributed by atoms with Gasteiger partial charge in [0.15, 0.2) is 5.82 Å². The predicted molar refractivity (Wildman–Crippen MR) is 135 cm³/mol. The first-order chi connectivity index (χ1) is 16.6. The highest BCUT2D eigenvalue weighted by atomic mass is 19.1. The summed E-state index contributed by atoms with van der Waals surface area (Å²) in [5, 5.41) is 6.71. The number of nitrogen functional groups attached to an aromatic ring is 1. The number of anilines is 2. The maximum Gasteiger partial charge on any atom is 0.222 e. The molecule has 0 radical (unpaired) electrons. The first kappa shape index (κ1) is 24.2. The van der Waals surface area contributed by atoms with Crippen molar-refractivity contribution in [3.63, 3.8) is 0 Å². The summed E-state index contributed by atoms with van der Waals surface area (Å²) in [4.78, 5) is 11.1. The zero-order chi connectivity index (χ0) is 23.9. The fraction of sp³-hybridized carbons (Fsp3) is 0.520. The van der Waals surface area contributed by atoms with E-state index in [2.05, 4.69) is 55.2 Å². The molecule has 4 N–H and O–H groups in total. The van der Waals surface area contributed by atoms with Crippen LogP contribution in [0.4, 0.5) is 16.2 Å². The number of benzene rings is 1. The van der Waals surface area contributed by atoms with Crippen molar-refractivity contribution >= 4 is 22.8 Å². The lowest BCUT2D eigenvalue weighted by Crippen LogP contribution is -2.51. The maximum absolute atomic E-state index is 13.4. The van der Waals surface area contributed by atoms with Gasteiger partial charge in [0.05, 0.1) is 25.2 Å². The largest absolute Gasteiger partial charge is 0.496 e. The van der Waals surface area contributed by atoms with Crippen LogP contribution in [0.15, 0.2) is 30.5 Å². The van der Waals surface area contributed by atoms with Gasteiger partial charge >= 0.3 is 0 Å². The molecule has 0 spiro atoms. The molecule has 0 aliphatic carbocycles. The highest BCUT2D eigenvalue weighted by Crippen LogP contribution is 2.27.